The lowest BCUT2D eigenvalue weighted by molar-refractivity contribution is -0.110. The molecule has 0 aromatic heterocycles. The zero-order valence-corrected chi connectivity index (χ0v) is 16.9. The van der Waals surface area contributed by atoms with Crippen LogP contribution in [0.15, 0.2) is 0 Å². The molecule has 4 aliphatic rings. The fraction of sp³-hybridized carbons (Fsp3) is 0.900. The molecule has 2 bridgehead atoms. The van der Waals surface area contributed by atoms with E-state index in [1.54, 1.807) is 0 Å². The molecule has 0 N–H and O–H groups in total. The van der Waals surface area contributed by atoms with E-state index in [0.29, 0.717) is 25.9 Å². The van der Waals surface area contributed by atoms with Crippen LogP contribution < -0.4 is 0 Å². The monoisotopic (exact) mass is 395 g/mol. The minimum Gasteiger partial charge on any atom is -0.450 e. The molecule has 28 heavy (non-hydrogen) atoms. The van der Waals surface area contributed by atoms with Gasteiger partial charge in [-0.3, -0.25) is 9.80 Å². The second-order valence-electron chi connectivity index (χ2n) is 8.44. The van der Waals surface area contributed by atoms with Crippen LogP contribution in [-0.4, -0.2) is 97.1 Å². The molecule has 2 amide bonds. The van der Waals surface area contributed by atoms with Crippen LogP contribution in [0.5, 0.6) is 0 Å². The Labute approximate surface area is 167 Å². The van der Waals surface area contributed by atoms with Gasteiger partial charge in [-0.1, -0.05) is 12.8 Å². The lowest BCUT2D eigenvalue weighted by Crippen LogP contribution is -2.66. The van der Waals surface area contributed by atoms with Gasteiger partial charge in [0.1, 0.15) is 6.10 Å². The molecule has 8 nitrogen and oxygen atoms in total. The second kappa shape index (κ2) is 8.86. The van der Waals surface area contributed by atoms with Crippen LogP contribution in [0, 0.1) is 0 Å². The fourth-order valence-corrected chi connectivity index (χ4v) is 4.99. The largest absolute Gasteiger partial charge is 0.450 e. The highest BCUT2D eigenvalue weighted by Crippen LogP contribution is 2.33. The van der Waals surface area contributed by atoms with Gasteiger partial charge < -0.3 is 19.1 Å². The van der Waals surface area contributed by atoms with E-state index in [1.807, 2.05) is 16.7 Å². The molecule has 4 fully saturated rings. The number of carbonyl (C=O) groups excluding carboxylic acids is 2. The van der Waals surface area contributed by atoms with Crippen LogP contribution in [0.2, 0.25) is 0 Å². The van der Waals surface area contributed by atoms with Gasteiger partial charge in [-0.15, -0.1) is 0 Å². The van der Waals surface area contributed by atoms with Crippen LogP contribution >= 0.6 is 0 Å². The first-order valence-electron chi connectivity index (χ1n) is 10.9. The van der Waals surface area contributed by atoms with E-state index in [2.05, 4.69) is 4.90 Å². The van der Waals surface area contributed by atoms with Gasteiger partial charge in [0.2, 0.25) is 0 Å². The van der Waals surface area contributed by atoms with Gasteiger partial charge in [0.15, 0.2) is 0 Å². The molecule has 4 aliphatic heterocycles. The molecule has 4 rings (SSSR count). The quantitative estimate of drug-likeness (QED) is 0.729. The van der Waals surface area contributed by atoms with Crippen molar-refractivity contribution in [2.45, 2.75) is 69.7 Å². The molecule has 0 aromatic carbocycles. The van der Waals surface area contributed by atoms with Gasteiger partial charge in [0, 0.05) is 32.2 Å². The normalized spacial score (nSPS) is 31.7. The minimum atomic E-state index is -0.216. The predicted octanol–water partition coefficient (Wildman–Crippen LogP) is 2.07. The number of carbonyl (C=O) groups is 2. The van der Waals surface area contributed by atoms with Crippen molar-refractivity contribution in [3.8, 4) is 0 Å². The molecule has 4 heterocycles. The summed E-state index contributed by atoms with van der Waals surface area (Å²) < 4.78 is 16.6. The zero-order chi connectivity index (χ0) is 19.5. The van der Waals surface area contributed by atoms with Gasteiger partial charge >= 0.3 is 12.2 Å². The van der Waals surface area contributed by atoms with E-state index in [-0.39, 0.29) is 30.4 Å². The van der Waals surface area contributed by atoms with E-state index in [4.69, 9.17) is 14.2 Å². The summed E-state index contributed by atoms with van der Waals surface area (Å²) in [4.78, 5) is 30.8. The summed E-state index contributed by atoms with van der Waals surface area (Å²) in [7, 11) is 0. The predicted molar refractivity (Wildman–Crippen MR) is 102 cm³/mol. The molecule has 0 spiro atoms. The number of likely N-dealkylation sites (tertiary alicyclic amines) is 2. The molecule has 0 aromatic rings. The van der Waals surface area contributed by atoms with Gasteiger partial charge in [-0.25, -0.2) is 9.59 Å². The molecule has 0 aliphatic carbocycles. The molecule has 4 saturated heterocycles. The van der Waals surface area contributed by atoms with Crippen molar-refractivity contribution in [2.75, 3.05) is 46.0 Å². The number of amides is 2. The van der Waals surface area contributed by atoms with Crippen LogP contribution in [0.3, 0.4) is 0 Å². The average molecular weight is 396 g/mol. The highest BCUT2D eigenvalue weighted by molar-refractivity contribution is 5.69. The SMILES string of the molecule is CCOC(=O)N1C2COCC1CC(N1CC(OC(=O)N3CCCCCC3)C1)C2. The molecular weight excluding hydrogens is 362 g/mol. The molecule has 158 valence electrons. The average Bonchev–Trinajstić information content (AvgIpc) is 2.93. The molecule has 8 heteroatoms. The number of nitrogens with zero attached hydrogens (tertiary/aromatic N) is 3. The van der Waals surface area contributed by atoms with Crippen molar-refractivity contribution in [1.82, 2.24) is 14.7 Å². The summed E-state index contributed by atoms with van der Waals surface area (Å²) in [5.74, 6) is 0. The van der Waals surface area contributed by atoms with Crippen molar-refractivity contribution < 1.29 is 23.8 Å². The summed E-state index contributed by atoms with van der Waals surface area (Å²) in [5.41, 5.74) is 0. The lowest BCUT2D eigenvalue weighted by Gasteiger charge is -2.53. The van der Waals surface area contributed by atoms with Crippen LogP contribution in [0.1, 0.15) is 45.4 Å². The Morgan fingerprint density at radius 1 is 0.929 bits per heavy atom. The highest BCUT2D eigenvalue weighted by atomic mass is 16.6. The number of morpholine rings is 1. The fourth-order valence-electron chi connectivity index (χ4n) is 4.99. The number of hydrogen-bond donors (Lipinski definition) is 0. The third kappa shape index (κ3) is 4.22. The first-order valence-corrected chi connectivity index (χ1v) is 10.9. The van der Waals surface area contributed by atoms with E-state index < -0.39 is 0 Å². The topological polar surface area (TPSA) is 71.5 Å². The molecule has 2 unspecified atom stereocenters. The zero-order valence-electron chi connectivity index (χ0n) is 16.9. The Bertz CT molecular complexity index is 546. The number of piperidine rings is 1. The second-order valence-corrected chi connectivity index (χ2v) is 8.44. The smallest absolute Gasteiger partial charge is 0.410 e. The summed E-state index contributed by atoms with van der Waals surface area (Å²) in [5, 5.41) is 0. The molecule has 0 radical (unpaired) electrons. The Morgan fingerprint density at radius 2 is 1.57 bits per heavy atom. The summed E-state index contributed by atoms with van der Waals surface area (Å²) in [6.07, 6.45) is 5.99. The van der Waals surface area contributed by atoms with Crippen molar-refractivity contribution in [2.24, 2.45) is 0 Å². The number of rotatable bonds is 3. The Morgan fingerprint density at radius 3 is 2.18 bits per heavy atom. The Kier molecular flexibility index (Phi) is 6.25. The first-order chi connectivity index (χ1) is 13.7. The van der Waals surface area contributed by atoms with E-state index in [9.17, 15) is 9.59 Å². The maximum Gasteiger partial charge on any atom is 0.410 e. The van der Waals surface area contributed by atoms with E-state index in [0.717, 1.165) is 51.9 Å². The van der Waals surface area contributed by atoms with Gasteiger partial charge in [-0.2, -0.15) is 0 Å². The number of hydrogen-bond acceptors (Lipinski definition) is 6. The van der Waals surface area contributed by atoms with Crippen molar-refractivity contribution in [3.05, 3.63) is 0 Å². The third-order valence-electron chi connectivity index (χ3n) is 6.50. The van der Waals surface area contributed by atoms with Crippen molar-refractivity contribution in [3.63, 3.8) is 0 Å². The maximum absolute atomic E-state index is 12.4. The summed E-state index contributed by atoms with van der Waals surface area (Å²) >= 11 is 0. The Hall–Kier alpha value is -1.54. The van der Waals surface area contributed by atoms with Crippen LogP contribution in [-0.2, 0) is 14.2 Å². The Balaban J connectivity index is 1.25. The maximum atomic E-state index is 12.4. The third-order valence-corrected chi connectivity index (χ3v) is 6.50. The minimum absolute atomic E-state index is 0.00469. The lowest BCUT2D eigenvalue weighted by atomic mass is 9.87. The van der Waals surface area contributed by atoms with Gasteiger partial charge in [-0.05, 0) is 32.6 Å². The van der Waals surface area contributed by atoms with E-state index in [1.165, 1.54) is 12.8 Å². The number of fused-ring (bicyclic) bond motifs is 2. The van der Waals surface area contributed by atoms with Crippen LogP contribution in [0.25, 0.3) is 0 Å². The van der Waals surface area contributed by atoms with Gasteiger partial charge in [0.25, 0.3) is 0 Å². The number of ether oxygens (including phenoxy) is 3. The van der Waals surface area contributed by atoms with Crippen LogP contribution in [0.4, 0.5) is 9.59 Å². The van der Waals surface area contributed by atoms with Crippen molar-refractivity contribution in [1.29, 1.82) is 0 Å². The molecule has 2 atom stereocenters. The van der Waals surface area contributed by atoms with E-state index >= 15 is 0 Å². The summed E-state index contributed by atoms with van der Waals surface area (Å²) in [6.45, 7) is 6.63. The molecular formula is C20H33N3O5. The molecule has 0 saturated carbocycles. The highest BCUT2D eigenvalue weighted by Gasteiger charge is 2.46. The van der Waals surface area contributed by atoms with Gasteiger partial charge in [0.05, 0.1) is 31.9 Å². The standard InChI is InChI=1S/C20H33N3O5/c1-2-27-20(25)23-16-9-15(10-17(23)14-26-13-16)22-11-18(12-22)28-19(24)21-7-5-3-4-6-8-21/h15-18H,2-14H2,1H3. The summed E-state index contributed by atoms with van der Waals surface area (Å²) in [6, 6.07) is 0.572. The van der Waals surface area contributed by atoms with Crippen molar-refractivity contribution >= 4 is 12.2 Å². The first kappa shape index (κ1) is 19.8.